The first-order chi connectivity index (χ1) is 7.68. The summed E-state index contributed by atoms with van der Waals surface area (Å²) >= 11 is 0. The van der Waals surface area contributed by atoms with Crippen LogP contribution in [0.25, 0.3) is 0 Å². The number of aryl methyl sites for hydroxylation is 1. The van der Waals surface area contributed by atoms with Crippen molar-refractivity contribution in [2.24, 2.45) is 0 Å². The number of hydrogen-bond acceptors (Lipinski definition) is 4. The van der Waals surface area contributed by atoms with E-state index in [0.717, 1.165) is 0 Å². The van der Waals surface area contributed by atoms with E-state index in [-0.39, 0.29) is 11.9 Å². The summed E-state index contributed by atoms with van der Waals surface area (Å²) in [5.41, 5.74) is 0.584. The Bertz CT molecular complexity index is 493. The standard InChI is InChI=1S/C11H11N3O2/c1-8-12-11(16-13-8)14(2)10(15)9-6-4-3-5-7-9/h3-7H,1-2H3. The summed E-state index contributed by atoms with van der Waals surface area (Å²) in [6.07, 6.45) is 0. The van der Waals surface area contributed by atoms with E-state index in [9.17, 15) is 4.79 Å². The van der Waals surface area contributed by atoms with Gasteiger partial charge < -0.3 is 4.52 Å². The molecule has 5 heteroatoms. The lowest BCUT2D eigenvalue weighted by Crippen LogP contribution is -2.26. The van der Waals surface area contributed by atoms with E-state index >= 15 is 0 Å². The smallest absolute Gasteiger partial charge is 0.315 e. The highest BCUT2D eigenvalue weighted by molar-refractivity contribution is 6.04. The average molecular weight is 217 g/mol. The highest BCUT2D eigenvalue weighted by Gasteiger charge is 2.17. The molecule has 0 spiro atoms. The van der Waals surface area contributed by atoms with Gasteiger partial charge >= 0.3 is 6.01 Å². The number of anilines is 1. The molecule has 0 saturated carbocycles. The number of benzene rings is 1. The predicted octanol–water partition coefficient (Wildman–Crippen LogP) is 1.65. The SMILES string of the molecule is Cc1noc(N(C)C(=O)c2ccccc2)n1. The van der Waals surface area contributed by atoms with Crippen molar-refractivity contribution in [2.75, 3.05) is 11.9 Å². The van der Waals surface area contributed by atoms with E-state index < -0.39 is 0 Å². The van der Waals surface area contributed by atoms with Gasteiger partial charge in [0.05, 0.1) is 0 Å². The molecule has 16 heavy (non-hydrogen) atoms. The molecule has 0 bridgehead atoms. The van der Waals surface area contributed by atoms with E-state index in [1.165, 1.54) is 4.90 Å². The van der Waals surface area contributed by atoms with Crippen molar-refractivity contribution < 1.29 is 9.32 Å². The second kappa shape index (κ2) is 4.14. The highest BCUT2D eigenvalue weighted by Crippen LogP contribution is 2.12. The predicted molar refractivity (Wildman–Crippen MR) is 58.2 cm³/mol. The van der Waals surface area contributed by atoms with Gasteiger partial charge in [0.2, 0.25) is 0 Å². The summed E-state index contributed by atoms with van der Waals surface area (Å²) < 4.78 is 4.91. The molecule has 82 valence electrons. The maximum atomic E-state index is 12.0. The Morgan fingerprint density at radius 2 is 2.00 bits per heavy atom. The second-order valence-corrected chi connectivity index (χ2v) is 3.35. The van der Waals surface area contributed by atoms with Crippen LogP contribution in [-0.2, 0) is 0 Å². The van der Waals surface area contributed by atoms with Gasteiger partial charge in [-0.1, -0.05) is 23.4 Å². The van der Waals surface area contributed by atoms with Crippen molar-refractivity contribution in [2.45, 2.75) is 6.92 Å². The van der Waals surface area contributed by atoms with E-state index in [0.29, 0.717) is 11.4 Å². The summed E-state index contributed by atoms with van der Waals surface area (Å²) in [5, 5.41) is 3.63. The Labute approximate surface area is 92.7 Å². The fraction of sp³-hybridized carbons (Fsp3) is 0.182. The van der Waals surface area contributed by atoms with Crippen LogP contribution in [0.1, 0.15) is 16.2 Å². The zero-order valence-electron chi connectivity index (χ0n) is 9.04. The molecule has 1 heterocycles. The van der Waals surface area contributed by atoms with Gasteiger partial charge in [0.15, 0.2) is 5.82 Å². The monoisotopic (exact) mass is 217 g/mol. The molecule has 0 aliphatic rings. The fourth-order valence-electron chi connectivity index (χ4n) is 1.28. The topological polar surface area (TPSA) is 59.2 Å². The highest BCUT2D eigenvalue weighted by atomic mass is 16.5. The van der Waals surface area contributed by atoms with E-state index in [1.807, 2.05) is 6.07 Å². The molecule has 1 aromatic carbocycles. The summed E-state index contributed by atoms with van der Waals surface area (Å²) in [4.78, 5) is 17.3. The van der Waals surface area contributed by atoms with Crippen molar-refractivity contribution >= 4 is 11.9 Å². The van der Waals surface area contributed by atoms with E-state index in [4.69, 9.17) is 4.52 Å². The molecule has 5 nitrogen and oxygen atoms in total. The van der Waals surface area contributed by atoms with Crippen molar-refractivity contribution in [3.8, 4) is 0 Å². The fourth-order valence-corrected chi connectivity index (χ4v) is 1.28. The zero-order valence-corrected chi connectivity index (χ0v) is 9.04. The largest absolute Gasteiger partial charge is 0.330 e. The van der Waals surface area contributed by atoms with Gasteiger partial charge in [-0.25, -0.2) is 0 Å². The number of aromatic nitrogens is 2. The lowest BCUT2D eigenvalue weighted by Gasteiger charge is -2.11. The molecule has 0 saturated heterocycles. The van der Waals surface area contributed by atoms with Crippen LogP contribution in [0.3, 0.4) is 0 Å². The number of amides is 1. The Kier molecular flexibility index (Phi) is 2.68. The van der Waals surface area contributed by atoms with Gasteiger partial charge in [-0.3, -0.25) is 9.69 Å². The lowest BCUT2D eigenvalue weighted by molar-refractivity contribution is 0.0986. The van der Waals surface area contributed by atoms with Crippen LogP contribution in [0.4, 0.5) is 6.01 Å². The third-order valence-electron chi connectivity index (χ3n) is 2.13. The first-order valence-electron chi connectivity index (χ1n) is 4.82. The van der Waals surface area contributed by atoms with Crippen LogP contribution < -0.4 is 4.90 Å². The summed E-state index contributed by atoms with van der Waals surface area (Å²) in [7, 11) is 1.60. The van der Waals surface area contributed by atoms with Crippen molar-refractivity contribution in [1.29, 1.82) is 0 Å². The van der Waals surface area contributed by atoms with Gasteiger partial charge in [-0.05, 0) is 19.1 Å². The van der Waals surface area contributed by atoms with Crippen LogP contribution in [0.5, 0.6) is 0 Å². The van der Waals surface area contributed by atoms with Crippen LogP contribution in [0, 0.1) is 6.92 Å². The minimum Gasteiger partial charge on any atom is -0.315 e. The average Bonchev–Trinajstić information content (AvgIpc) is 2.75. The Morgan fingerprint density at radius 1 is 1.31 bits per heavy atom. The normalized spacial score (nSPS) is 10.1. The Balaban J connectivity index is 2.23. The van der Waals surface area contributed by atoms with Crippen LogP contribution in [0.15, 0.2) is 34.9 Å². The van der Waals surface area contributed by atoms with Gasteiger partial charge in [0.25, 0.3) is 5.91 Å². The molecule has 2 aromatic rings. The molecule has 0 atom stereocenters. The van der Waals surface area contributed by atoms with Crippen molar-refractivity contribution in [3.63, 3.8) is 0 Å². The quantitative estimate of drug-likeness (QED) is 0.767. The van der Waals surface area contributed by atoms with E-state index in [2.05, 4.69) is 10.1 Å². The molecule has 2 rings (SSSR count). The number of carbonyl (C=O) groups is 1. The maximum Gasteiger partial charge on any atom is 0.330 e. The molecular formula is C11H11N3O2. The summed E-state index contributed by atoms with van der Waals surface area (Å²) in [6.45, 7) is 1.70. The molecule has 0 fully saturated rings. The number of nitrogens with zero attached hydrogens (tertiary/aromatic N) is 3. The molecule has 1 amide bonds. The molecule has 1 aromatic heterocycles. The van der Waals surface area contributed by atoms with Crippen molar-refractivity contribution in [1.82, 2.24) is 10.1 Å². The zero-order chi connectivity index (χ0) is 11.5. The Morgan fingerprint density at radius 3 is 2.56 bits per heavy atom. The molecular weight excluding hydrogens is 206 g/mol. The first-order valence-corrected chi connectivity index (χ1v) is 4.82. The van der Waals surface area contributed by atoms with Crippen LogP contribution in [0.2, 0.25) is 0 Å². The molecule has 0 aliphatic heterocycles. The third kappa shape index (κ3) is 1.93. The van der Waals surface area contributed by atoms with Crippen LogP contribution in [-0.4, -0.2) is 23.1 Å². The minimum absolute atomic E-state index is 0.177. The van der Waals surface area contributed by atoms with Crippen LogP contribution >= 0.6 is 0 Å². The van der Waals surface area contributed by atoms with E-state index in [1.54, 1.807) is 38.2 Å². The van der Waals surface area contributed by atoms with Crippen molar-refractivity contribution in [3.05, 3.63) is 41.7 Å². The van der Waals surface area contributed by atoms with Gasteiger partial charge in [0.1, 0.15) is 0 Å². The lowest BCUT2D eigenvalue weighted by atomic mass is 10.2. The Hall–Kier alpha value is -2.17. The molecule has 0 unspecified atom stereocenters. The summed E-state index contributed by atoms with van der Waals surface area (Å²) in [6, 6.07) is 9.14. The summed E-state index contributed by atoms with van der Waals surface area (Å²) in [5.74, 6) is 0.326. The van der Waals surface area contributed by atoms with Gasteiger partial charge in [0, 0.05) is 12.6 Å². The third-order valence-corrected chi connectivity index (χ3v) is 2.13. The second-order valence-electron chi connectivity index (χ2n) is 3.35. The molecule has 0 aliphatic carbocycles. The number of carbonyl (C=O) groups excluding carboxylic acids is 1. The number of rotatable bonds is 2. The first kappa shape index (κ1) is 10.4. The van der Waals surface area contributed by atoms with Gasteiger partial charge in [-0.2, -0.15) is 4.98 Å². The molecule has 0 radical (unpaired) electrons. The maximum absolute atomic E-state index is 12.0. The number of hydrogen-bond donors (Lipinski definition) is 0. The molecule has 0 N–H and O–H groups in total. The van der Waals surface area contributed by atoms with Gasteiger partial charge in [-0.15, -0.1) is 0 Å². The minimum atomic E-state index is -0.177.